The van der Waals surface area contributed by atoms with Crippen molar-refractivity contribution in [2.45, 2.75) is 33.1 Å². The number of nitrogens with zero attached hydrogens (tertiary/aromatic N) is 1. The molecule has 1 aliphatic rings. The molecule has 1 N–H and O–H groups in total. The molecule has 0 aromatic rings. The average Bonchev–Trinajstić information content (AvgIpc) is 2.35. The van der Waals surface area contributed by atoms with Gasteiger partial charge in [-0.05, 0) is 25.2 Å². The van der Waals surface area contributed by atoms with Crippen molar-refractivity contribution in [3.05, 3.63) is 12.7 Å². The molecule has 0 atom stereocenters. The van der Waals surface area contributed by atoms with Crippen LogP contribution in [0.2, 0.25) is 0 Å². The van der Waals surface area contributed by atoms with E-state index in [2.05, 4.69) is 6.58 Å². The summed E-state index contributed by atoms with van der Waals surface area (Å²) in [5.41, 5.74) is -0.691. The fourth-order valence-electron chi connectivity index (χ4n) is 2.63. The number of hydrogen-bond acceptors (Lipinski definition) is 3. The molecule has 108 valence electrons. The molecule has 1 heterocycles. The van der Waals surface area contributed by atoms with Crippen LogP contribution in [0, 0.1) is 11.3 Å². The Bertz CT molecular complexity index is 343. The third-order valence-electron chi connectivity index (χ3n) is 3.56. The summed E-state index contributed by atoms with van der Waals surface area (Å²) in [6, 6.07) is 0. The third kappa shape index (κ3) is 3.98. The first-order valence-electron chi connectivity index (χ1n) is 6.67. The summed E-state index contributed by atoms with van der Waals surface area (Å²) in [5, 5.41) is 9.46. The predicted octanol–water partition coefficient (Wildman–Crippen LogP) is 2.52. The third-order valence-corrected chi connectivity index (χ3v) is 3.56. The van der Waals surface area contributed by atoms with Crippen LogP contribution in [0.25, 0.3) is 0 Å². The van der Waals surface area contributed by atoms with Crippen molar-refractivity contribution in [1.29, 1.82) is 0 Å². The monoisotopic (exact) mass is 269 g/mol. The van der Waals surface area contributed by atoms with Gasteiger partial charge in [0.1, 0.15) is 6.61 Å². The van der Waals surface area contributed by atoms with Gasteiger partial charge >= 0.3 is 12.1 Å². The van der Waals surface area contributed by atoms with E-state index in [0.717, 1.165) is 0 Å². The van der Waals surface area contributed by atoms with Gasteiger partial charge in [0.2, 0.25) is 0 Å². The van der Waals surface area contributed by atoms with Crippen LogP contribution in [-0.2, 0) is 9.53 Å². The average molecular weight is 269 g/mol. The Balaban J connectivity index is 2.60. The van der Waals surface area contributed by atoms with E-state index < -0.39 is 11.4 Å². The lowest BCUT2D eigenvalue weighted by atomic mass is 9.73. The number of carboxylic acid groups (broad SMARTS) is 1. The molecular weight excluding hydrogens is 246 g/mol. The van der Waals surface area contributed by atoms with E-state index in [9.17, 15) is 14.7 Å². The van der Waals surface area contributed by atoms with Crippen molar-refractivity contribution in [3.63, 3.8) is 0 Å². The van der Waals surface area contributed by atoms with E-state index in [1.54, 1.807) is 4.90 Å². The van der Waals surface area contributed by atoms with Crippen LogP contribution in [0.15, 0.2) is 12.7 Å². The quantitative estimate of drug-likeness (QED) is 0.779. The highest BCUT2D eigenvalue weighted by Crippen LogP contribution is 2.38. The normalized spacial score (nSPS) is 18.2. The number of rotatable bonds is 5. The van der Waals surface area contributed by atoms with Gasteiger partial charge in [-0.25, -0.2) is 4.79 Å². The van der Waals surface area contributed by atoms with Crippen molar-refractivity contribution in [2.75, 3.05) is 19.7 Å². The zero-order valence-electron chi connectivity index (χ0n) is 11.7. The Hall–Kier alpha value is -1.52. The molecule has 1 rings (SSSR count). The molecule has 1 fully saturated rings. The lowest BCUT2D eigenvalue weighted by Gasteiger charge is -2.39. The molecule has 0 aliphatic carbocycles. The van der Waals surface area contributed by atoms with Gasteiger partial charge in [0, 0.05) is 13.1 Å². The maximum absolute atomic E-state index is 11.7. The number of hydrogen-bond donors (Lipinski definition) is 1. The summed E-state index contributed by atoms with van der Waals surface area (Å²) in [6.45, 7) is 8.59. The van der Waals surface area contributed by atoms with Crippen molar-refractivity contribution in [2.24, 2.45) is 11.3 Å². The first-order valence-corrected chi connectivity index (χ1v) is 6.67. The Morgan fingerprint density at radius 3 is 2.42 bits per heavy atom. The largest absolute Gasteiger partial charge is 0.481 e. The molecule has 0 aromatic heterocycles. The fraction of sp³-hybridized carbons (Fsp3) is 0.714. The van der Waals surface area contributed by atoms with Gasteiger partial charge in [-0.2, -0.15) is 0 Å². The summed E-state index contributed by atoms with van der Waals surface area (Å²) < 4.78 is 4.96. The van der Waals surface area contributed by atoms with Gasteiger partial charge in [0.25, 0.3) is 0 Å². The van der Waals surface area contributed by atoms with Crippen LogP contribution < -0.4 is 0 Å². The van der Waals surface area contributed by atoms with Gasteiger partial charge in [0.15, 0.2) is 0 Å². The standard InChI is InChI=1S/C14H23NO4/c1-4-9-19-13(18)15-7-5-14(6-8-15,12(16)17)10-11(2)3/h4,11H,1,5-10H2,2-3H3,(H,16,17). The van der Waals surface area contributed by atoms with Crippen LogP contribution in [0.1, 0.15) is 33.1 Å². The van der Waals surface area contributed by atoms with Gasteiger partial charge in [-0.1, -0.05) is 26.5 Å². The number of likely N-dealkylation sites (tertiary alicyclic amines) is 1. The van der Waals surface area contributed by atoms with E-state index in [4.69, 9.17) is 4.74 Å². The Morgan fingerprint density at radius 1 is 1.42 bits per heavy atom. The molecule has 0 saturated carbocycles. The fourth-order valence-corrected chi connectivity index (χ4v) is 2.63. The van der Waals surface area contributed by atoms with E-state index >= 15 is 0 Å². The molecular formula is C14H23NO4. The molecule has 0 aromatic carbocycles. The van der Waals surface area contributed by atoms with E-state index in [1.165, 1.54) is 6.08 Å². The predicted molar refractivity (Wildman–Crippen MR) is 71.9 cm³/mol. The number of ether oxygens (including phenoxy) is 1. The minimum absolute atomic E-state index is 0.186. The molecule has 5 nitrogen and oxygen atoms in total. The second-order valence-corrected chi connectivity index (χ2v) is 5.54. The van der Waals surface area contributed by atoms with Gasteiger partial charge in [-0.15, -0.1) is 0 Å². The summed E-state index contributed by atoms with van der Waals surface area (Å²) in [6.07, 6.45) is 2.76. The number of carbonyl (C=O) groups is 2. The lowest BCUT2D eigenvalue weighted by Crippen LogP contribution is -2.47. The zero-order chi connectivity index (χ0) is 14.5. The van der Waals surface area contributed by atoms with E-state index in [-0.39, 0.29) is 12.7 Å². The molecule has 0 spiro atoms. The lowest BCUT2D eigenvalue weighted by molar-refractivity contribution is -0.153. The molecule has 5 heteroatoms. The minimum atomic E-state index is -0.750. The Labute approximate surface area is 114 Å². The van der Waals surface area contributed by atoms with Crippen LogP contribution in [-0.4, -0.2) is 41.8 Å². The zero-order valence-corrected chi connectivity index (χ0v) is 11.7. The number of amides is 1. The van der Waals surface area contributed by atoms with Crippen molar-refractivity contribution < 1.29 is 19.4 Å². The molecule has 1 saturated heterocycles. The summed E-state index contributed by atoms with van der Waals surface area (Å²) in [5.74, 6) is -0.421. The minimum Gasteiger partial charge on any atom is -0.481 e. The number of carbonyl (C=O) groups excluding carboxylic acids is 1. The second-order valence-electron chi connectivity index (χ2n) is 5.54. The first kappa shape index (κ1) is 15.5. The van der Waals surface area contributed by atoms with Crippen LogP contribution in [0.3, 0.4) is 0 Å². The Morgan fingerprint density at radius 2 is 2.00 bits per heavy atom. The highest BCUT2D eigenvalue weighted by molar-refractivity contribution is 5.75. The smallest absolute Gasteiger partial charge is 0.410 e. The first-order chi connectivity index (χ1) is 8.91. The van der Waals surface area contributed by atoms with E-state index in [0.29, 0.717) is 38.3 Å². The van der Waals surface area contributed by atoms with Crippen LogP contribution in [0.5, 0.6) is 0 Å². The number of piperidine rings is 1. The molecule has 0 unspecified atom stereocenters. The van der Waals surface area contributed by atoms with Crippen molar-refractivity contribution in [1.82, 2.24) is 4.90 Å². The van der Waals surface area contributed by atoms with Gasteiger partial charge in [0.05, 0.1) is 5.41 Å². The van der Waals surface area contributed by atoms with Crippen molar-refractivity contribution >= 4 is 12.1 Å². The maximum Gasteiger partial charge on any atom is 0.410 e. The highest BCUT2D eigenvalue weighted by atomic mass is 16.6. The maximum atomic E-state index is 11.7. The molecule has 0 radical (unpaired) electrons. The SMILES string of the molecule is C=CCOC(=O)N1CCC(CC(C)C)(C(=O)O)CC1. The molecule has 1 amide bonds. The molecule has 19 heavy (non-hydrogen) atoms. The number of aliphatic carboxylic acids is 1. The molecule has 0 bridgehead atoms. The topological polar surface area (TPSA) is 66.8 Å². The Kier molecular flexibility index (Phi) is 5.39. The summed E-state index contributed by atoms with van der Waals surface area (Å²) in [4.78, 5) is 24.8. The van der Waals surface area contributed by atoms with Crippen LogP contribution >= 0.6 is 0 Å². The highest BCUT2D eigenvalue weighted by Gasteiger charge is 2.42. The molecule has 1 aliphatic heterocycles. The number of carboxylic acids is 1. The summed E-state index contributed by atoms with van der Waals surface area (Å²) in [7, 11) is 0. The summed E-state index contributed by atoms with van der Waals surface area (Å²) >= 11 is 0. The van der Waals surface area contributed by atoms with Crippen molar-refractivity contribution in [3.8, 4) is 0 Å². The van der Waals surface area contributed by atoms with Gasteiger partial charge in [-0.3, -0.25) is 4.79 Å². The van der Waals surface area contributed by atoms with Crippen LogP contribution in [0.4, 0.5) is 4.79 Å². The van der Waals surface area contributed by atoms with E-state index in [1.807, 2.05) is 13.8 Å². The second kappa shape index (κ2) is 6.59. The van der Waals surface area contributed by atoms with Gasteiger partial charge < -0.3 is 14.7 Å².